The minimum absolute atomic E-state index is 0.211. The van der Waals surface area contributed by atoms with Crippen LogP contribution in [0.5, 0.6) is 11.5 Å². The summed E-state index contributed by atoms with van der Waals surface area (Å²) in [5.74, 6) is -0.229. The van der Waals surface area contributed by atoms with E-state index in [4.69, 9.17) is 19.5 Å². The lowest BCUT2D eigenvalue weighted by Crippen LogP contribution is -2.07. The van der Waals surface area contributed by atoms with Crippen LogP contribution in [-0.4, -0.2) is 18.7 Å². The minimum Gasteiger partial charge on any atom is -0.457 e. The summed E-state index contributed by atoms with van der Waals surface area (Å²) >= 11 is 0. The van der Waals surface area contributed by atoms with Gasteiger partial charge in [-0.2, -0.15) is 5.26 Å². The van der Waals surface area contributed by atoms with Crippen molar-refractivity contribution in [1.29, 1.82) is 5.26 Å². The molecule has 0 saturated heterocycles. The number of carbonyl (C=O) groups is 2. The van der Waals surface area contributed by atoms with E-state index in [-0.39, 0.29) is 6.79 Å². The monoisotopic (exact) mass is 349 g/mol. The van der Waals surface area contributed by atoms with Gasteiger partial charge in [0.15, 0.2) is 0 Å². The standard InChI is InChI=1S/C20H15NO5/c1-2-19(22)25-14-24-17-8-3-15(4-9-17)7-12-20(23)26-18-10-5-16(13-21)6-11-18/h2-12H,1,14H2. The molecule has 0 bridgehead atoms. The van der Waals surface area contributed by atoms with E-state index in [9.17, 15) is 9.59 Å². The van der Waals surface area contributed by atoms with Gasteiger partial charge in [-0.3, -0.25) is 0 Å². The maximum Gasteiger partial charge on any atom is 0.336 e. The van der Waals surface area contributed by atoms with Crippen LogP contribution in [0.4, 0.5) is 0 Å². The first-order chi connectivity index (χ1) is 12.6. The minimum atomic E-state index is -0.565. The van der Waals surface area contributed by atoms with Gasteiger partial charge in [-0.15, -0.1) is 0 Å². The SMILES string of the molecule is C=CC(=O)OCOc1ccc(C=CC(=O)Oc2ccc(C#N)cc2)cc1. The number of hydrogen-bond donors (Lipinski definition) is 0. The van der Waals surface area contributed by atoms with Crippen molar-refractivity contribution in [3.05, 3.63) is 78.4 Å². The first-order valence-electron chi connectivity index (χ1n) is 7.53. The van der Waals surface area contributed by atoms with Gasteiger partial charge >= 0.3 is 11.9 Å². The number of ether oxygens (including phenoxy) is 3. The predicted molar refractivity (Wildman–Crippen MR) is 94.1 cm³/mol. The molecule has 0 amide bonds. The van der Waals surface area contributed by atoms with E-state index in [0.29, 0.717) is 17.1 Å². The van der Waals surface area contributed by atoms with Crippen molar-refractivity contribution in [2.45, 2.75) is 0 Å². The van der Waals surface area contributed by atoms with Gasteiger partial charge in [-0.1, -0.05) is 18.7 Å². The highest BCUT2D eigenvalue weighted by Gasteiger charge is 2.01. The van der Waals surface area contributed by atoms with E-state index >= 15 is 0 Å². The normalized spacial score (nSPS) is 9.96. The van der Waals surface area contributed by atoms with Crippen LogP contribution in [0.2, 0.25) is 0 Å². The van der Waals surface area contributed by atoms with Crippen LogP contribution < -0.4 is 9.47 Å². The highest BCUT2D eigenvalue weighted by Crippen LogP contribution is 2.14. The molecule has 0 spiro atoms. The highest BCUT2D eigenvalue weighted by molar-refractivity contribution is 5.88. The molecule has 2 aromatic carbocycles. The first-order valence-corrected chi connectivity index (χ1v) is 7.53. The molecule has 0 N–H and O–H groups in total. The molecule has 0 aliphatic heterocycles. The number of benzene rings is 2. The Balaban J connectivity index is 1.85. The lowest BCUT2D eigenvalue weighted by atomic mass is 10.2. The van der Waals surface area contributed by atoms with E-state index in [1.165, 1.54) is 6.08 Å². The summed E-state index contributed by atoms with van der Waals surface area (Å²) in [6.07, 6.45) is 3.93. The molecule has 2 rings (SSSR count). The van der Waals surface area contributed by atoms with Gasteiger partial charge in [0.05, 0.1) is 11.6 Å². The Morgan fingerprint density at radius 1 is 1.00 bits per heavy atom. The fourth-order valence-corrected chi connectivity index (χ4v) is 1.80. The number of hydrogen-bond acceptors (Lipinski definition) is 6. The summed E-state index contributed by atoms with van der Waals surface area (Å²) in [6, 6.07) is 15.0. The zero-order valence-electron chi connectivity index (χ0n) is 13.8. The van der Waals surface area contributed by atoms with Crippen molar-refractivity contribution in [2.75, 3.05) is 6.79 Å². The molecule has 0 radical (unpaired) electrons. The Kier molecular flexibility index (Phi) is 6.72. The van der Waals surface area contributed by atoms with Gasteiger partial charge in [-0.05, 0) is 48.0 Å². The first kappa shape index (κ1) is 18.5. The molecule has 0 atom stereocenters. The summed E-state index contributed by atoms with van der Waals surface area (Å²) < 4.78 is 15.1. The van der Waals surface area contributed by atoms with Gasteiger partial charge in [0, 0.05) is 12.2 Å². The number of esters is 2. The summed E-state index contributed by atoms with van der Waals surface area (Å²) in [4.78, 5) is 22.7. The Morgan fingerprint density at radius 3 is 2.27 bits per heavy atom. The van der Waals surface area contributed by atoms with Crippen LogP contribution in [0, 0.1) is 11.3 Å². The Labute approximate surface area is 150 Å². The third-order valence-corrected chi connectivity index (χ3v) is 3.09. The summed E-state index contributed by atoms with van der Waals surface area (Å²) in [6.45, 7) is 3.07. The van der Waals surface area contributed by atoms with Gasteiger partial charge in [0.25, 0.3) is 0 Å². The number of carbonyl (C=O) groups excluding carboxylic acids is 2. The zero-order chi connectivity index (χ0) is 18.8. The molecule has 0 heterocycles. The molecule has 0 saturated carbocycles. The second kappa shape index (κ2) is 9.45. The van der Waals surface area contributed by atoms with Crippen LogP contribution in [0.3, 0.4) is 0 Å². The van der Waals surface area contributed by atoms with E-state index in [2.05, 4.69) is 6.58 Å². The molecule has 6 heteroatoms. The predicted octanol–water partition coefficient (Wildman–Crippen LogP) is 3.24. The Hall–Kier alpha value is -3.85. The van der Waals surface area contributed by atoms with Crippen molar-refractivity contribution >= 4 is 18.0 Å². The molecule has 130 valence electrons. The smallest absolute Gasteiger partial charge is 0.336 e. The molecular formula is C20H15NO5. The summed E-state index contributed by atoms with van der Waals surface area (Å²) in [7, 11) is 0. The van der Waals surface area contributed by atoms with Gasteiger partial charge < -0.3 is 14.2 Å². The fraction of sp³-hybridized carbons (Fsp3) is 0.0500. The molecule has 0 aliphatic carbocycles. The molecule has 0 aliphatic rings. The molecule has 0 aromatic heterocycles. The topological polar surface area (TPSA) is 85.6 Å². The van der Waals surface area contributed by atoms with Crippen molar-refractivity contribution in [3.8, 4) is 17.6 Å². The maximum absolute atomic E-state index is 11.8. The average Bonchev–Trinajstić information content (AvgIpc) is 2.67. The van der Waals surface area contributed by atoms with Crippen LogP contribution in [0.15, 0.2) is 67.3 Å². The lowest BCUT2D eigenvalue weighted by molar-refractivity contribution is -0.144. The summed E-state index contributed by atoms with van der Waals surface area (Å²) in [5, 5.41) is 8.72. The van der Waals surface area contributed by atoms with E-state index in [0.717, 1.165) is 11.6 Å². The molecule has 26 heavy (non-hydrogen) atoms. The van der Waals surface area contributed by atoms with Crippen LogP contribution >= 0.6 is 0 Å². The second-order valence-electron chi connectivity index (χ2n) is 4.89. The van der Waals surface area contributed by atoms with Crippen molar-refractivity contribution in [1.82, 2.24) is 0 Å². The van der Waals surface area contributed by atoms with Crippen LogP contribution in [0.25, 0.3) is 6.08 Å². The van der Waals surface area contributed by atoms with Crippen molar-refractivity contribution < 1.29 is 23.8 Å². The van der Waals surface area contributed by atoms with Gasteiger partial charge in [0.1, 0.15) is 11.5 Å². The number of rotatable bonds is 7. The summed E-state index contributed by atoms with van der Waals surface area (Å²) in [5.41, 5.74) is 1.25. The molecule has 2 aromatic rings. The lowest BCUT2D eigenvalue weighted by Gasteiger charge is -2.06. The fourth-order valence-electron chi connectivity index (χ4n) is 1.80. The second-order valence-corrected chi connectivity index (χ2v) is 4.89. The number of nitrogens with zero attached hydrogens (tertiary/aromatic N) is 1. The van der Waals surface area contributed by atoms with Gasteiger partial charge in [-0.25, -0.2) is 9.59 Å². The quantitative estimate of drug-likeness (QED) is 0.330. The molecular weight excluding hydrogens is 334 g/mol. The molecule has 0 unspecified atom stereocenters. The van der Waals surface area contributed by atoms with Crippen molar-refractivity contribution in [2.24, 2.45) is 0 Å². The van der Waals surface area contributed by atoms with E-state index < -0.39 is 11.9 Å². The van der Waals surface area contributed by atoms with Crippen LogP contribution in [-0.2, 0) is 14.3 Å². The highest BCUT2D eigenvalue weighted by atomic mass is 16.7. The number of nitriles is 1. The molecule has 0 fully saturated rings. The zero-order valence-corrected chi connectivity index (χ0v) is 13.8. The van der Waals surface area contributed by atoms with E-state index in [1.54, 1.807) is 54.6 Å². The molecule has 6 nitrogen and oxygen atoms in total. The van der Waals surface area contributed by atoms with E-state index in [1.807, 2.05) is 6.07 Å². The van der Waals surface area contributed by atoms with Crippen LogP contribution in [0.1, 0.15) is 11.1 Å². The third-order valence-electron chi connectivity index (χ3n) is 3.09. The van der Waals surface area contributed by atoms with Crippen molar-refractivity contribution in [3.63, 3.8) is 0 Å². The largest absolute Gasteiger partial charge is 0.457 e. The third kappa shape index (κ3) is 5.98. The Bertz CT molecular complexity index is 845. The average molecular weight is 349 g/mol. The Morgan fingerprint density at radius 2 is 1.65 bits per heavy atom. The van der Waals surface area contributed by atoms with Gasteiger partial charge in [0.2, 0.25) is 6.79 Å². The maximum atomic E-state index is 11.8.